The second-order valence-electron chi connectivity index (χ2n) is 5.04. The van der Waals surface area contributed by atoms with Crippen LogP contribution in [-0.2, 0) is 0 Å². The molecule has 0 spiro atoms. The summed E-state index contributed by atoms with van der Waals surface area (Å²) in [6, 6.07) is 7.57. The van der Waals surface area contributed by atoms with E-state index in [1.807, 2.05) is 32.9 Å². The van der Waals surface area contributed by atoms with Gasteiger partial charge in [-0.1, -0.05) is 34.0 Å². The van der Waals surface area contributed by atoms with Gasteiger partial charge in [-0.05, 0) is 32.9 Å². The summed E-state index contributed by atoms with van der Waals surface area (Å²) in [7, 11) is 0. The largest absolute Gasteiger partial charge is 0.361 e. The van der Waals surface area contributed by atoms with Gasteiger partial charge in [0.1, 0.15) is 5.76 Å². The van der Waals surface area contributed by atoms with E-state index in [0.29, 0.717) is 16.9 Å². The van der Waals surface area contributed by atoms with E-state index >= 15 is 0 Å². The van der Waals surface area contributed by atoms with Crippen LogP contribution in [0.25, 0.3) is 11.4 Å². The van der Waals surface area contributed by atoms with Crippen molar-refractivity contribution in [2.45, 2.75) is 26.8 Å². The summed E-state index contributed by atoms with van der Waals surface area (Å²) in [5.74, 6) is 1.25. The molecule has 114 valence electrons. The standard InChI is InChI=1S/C15H15ClN4O2/c1-8(13-9(2)19-21-10(13)3)17-15-18-14(20-22-15)11-5-4-6-12(16)7-11/h4-8H,1-3H3,(H,17,18,20). The van der Waals surface area contributed by atoms with E-state index in [-0.39, 0.29) is 6.04 Å². The fourth-order valence-corrected chi connectivity index (χ4v) is 2.58. The molecule has 0 amide bonds. The van der Waals surface area contributed by atoms with E-state index in [2.05, 4.69) is 20.6 Å². The molecule has 2 aromatic heterocycles. The van der Waals surface area contributed by atoms with Crippen molar-refractivity contribution >= 4 is 17.6 Å². The van der Waals surface area contributed by atoms with Gasteiger partial charge in [0, 0.05) is 16.1 Å². The molecule has 0 saturated heterocycles. The molecule has 1 atom stereocenters. The first-order chi connectivity index (χ1) is 10.5. The number of aryl methyl sites for hydroxylation is 2. The predicted molar refractivity (Wildman–Crippen MR) is 82.8 cm³/mol. The van der Waals surface area contributed by atoms with Crippen LogP contribution in [0.3, 0.4) is 0 Å². The van der Waals surface area contributed by atoms with Gasteiger partial charge < -0.3 is 14.4 Å². The molecule has 7 heteroatoms. The number of aromatic nitrogens is 3. The van der Waals surface area contributed by atoms with Crippen LogP contribution >= 0.6 is 11.6 Å². The molecule has 1 unspecified atom stereocenters. The topological polar surface area (TPSA) is 77.0 Å². The van der Waals surface area contributed by atoms with Gasteiger partial charge >= 0.3 is 6.01 Å². The Bertz CT molecular complexity index is 777. The van der Waals surface area contributed by atoms with Crippen LogP contribution in [0.1, 0.15) is 30.0 Å². The van der Waals surface area contributed by atoms with Crippen LogP contribution in [0.15, 0.2) is 33.3 Å². The lowest BCUT2D eigenvalue weighted by atomic mass is 10.1. The van der Waals surface area contributed by atoms with Crippen molar-refractivity contribution in [2.75, 3.05) is 5.32 Å². The quantitative estimate of drug-likeness (QED) is 0.778. The normalized spacial score (nSPS) is 12.4. The van der Waals surface area contributed by atoms with E-state index < -0.39 is 0 Å². The Morgan fingerprint density at radius 1 is 1.18 bits per heavy atom. The van der Waals surface area contributed by atoms with Gasteiger partial charge in [0.2, 0.25) is 5.82 Å². The Morgan fingerprint density at radius 3 is 2.68 bits per heavy atom. The van der Waals surface area contributed by atoms with Crippen molar-refractivity contribution in [2.24, 2.45) is 0 Å². The lowest BCUT2D eigenvalue weighted by Gasteiger charge is -2.10. The molecule has 3 aromatic rings. The summed E-state index contributed by atoms with van der Waals surface area (Å²) < 4.78 is 10.4. The number of nitrogens with zero attached hydrogens (tertiary/aromatic N) is 3. The summed E-state index contributed by atoms with van der Waals surface area (Å²) >= 11 is 5.97. The summed E-state index contributed by atoms with van der Waals surface area (Å²) in [4.78, 5) is 4.33. The Hall–Kier alpha value is -2.34. The summed E-state index contributed by atoms with van der Waals surface area (Å²) in [5.41, 5.74) is 2.63. The zero-order valence-corrected chi connectivity index (χ0v) is 13.2. The molecule has 6 nitrogen and oxygen atoms in total. The molecule has 0 radical (unpaired) electrons. The van der Waals surface area contributed by atoms with Crippen LogP contribution in [0.2, 0.25) is 5.02 Å². The van der Waals surface area contributed by atoms with Crippen molar-refractivity contribution < 1.29 is 9.05 Å². The van der Waals surface area contributed by atoms with E-state index in [0.717, 1.165) is 22.6 Å². The van der Waals surface area contributed by atoms with Gasteiger partial charge in [-0.25, -0.2) is 0 Å². The number of nitrogens with one attached hydrogen (secondary N) is 1. The Kier molecular flexibility index (Phi) is 3.85. The first kappa shape index (κ1) is 14.6. The van der Waals surface area contributed by atoms with Crippen molar-refractivity contribution in [1.29, 1.82) is 0 Å². The van der Waals surface area contributed by atoms with Crippen LogP contribution in [-0.4, -0.2) is 15.3 Å². The number of benzene rings is 1. The van der Waals surface area contributed by atoms with Crippen molar-refractivity contribution in [3.8, 4) is 11.4 Å². The average Bonchev–Trinajstić information content (AvgIpc) is 3.06. The summed E-state index contributed by atoms with van der Waals surface area (Å²) in [5, 5.41) is 11.7. The summed E-state index contributed by atoms with van der Waals surface area (Å²) in [6.45, 7) is 5.75. The molecular weight excluding hydrogens is 304 g/mol. The van der Waals surface area contributed by atoms with Gasteiger partial charge in [0.25, 0.3) is 0 Å². The maximum Gasteiger partial charge on any atom is 0.322 e. The van der Waals surface area contributed by atoms with Gasteiger partial charge in [-0.2, -0.15) is 4.98 Å². The molecule has 1 N–H and O–H groups in total. The highest BCUT2D eigenvalue weighted by Crippen LogP contribution is 2.26. The van der Waals surface area contributed by atoms with E-state index in [9.17, 15) is 0 Å². The Morgan fingerprint density at radius 2 is 2.00 bits per heavy atom. The van der Waals surface area contributed by atoms with Gasteiger partial charge in [-0.3, -0.25) is 0 Å². The third kappa shape index (κ3) is 2.82. The van der Waals surface area contributed by atoms with Gasteiger partial charge in [0.15, 0.2) is 0 Å². The second kappa shape index (κ2) is 5.81. The first-order valence-electron chi connectivity index (χ1n) is 6.83. The summed E-state index contributed by atoms with van der Waals surface area (Å²) in [6.07, 6.45) is 0. The zero-order valence-electron chi connectivity index (χ0n) is 12.4. The van der Waals surface area contributed by atoms with Crippen LogP contribution in [0.5, 0.6) is 0 Å². The SMILES string of the molecule is Cc1noc(C)c1C(C)Nc1nc(-c2cccc(Cl)c2)no1. The molecule has 0 aliphatic carbocycles. The highest BCUT2D eigenvalue weighted by atomic mass is 35.5. The fraction of sp³-hybridized carbons (Fsp3) is 0.267. The van der Waals surface area contributed by atoms with Crippen molar-refractivity contribution in [3.63, 3.8) is 0 Å². The molecule has 3 rings (SSSR count). The minimum Gasteiger partial charge on any atom is -0.361 e. The molecule has 0 saturated carbocycles. The van der Waals surface area contributed by atoms with Crippen LogP contribution in [0, 0.1) is 13.8 Å². The maximum absolute atomic E-state index is 5.97. The van der Waals surface area contributed by atoms with Crippen LogP contribution in [0.4, 0.5) is 6.01 Å². The molecular formula is C15H15ClN4O2. The molecule has 0 aliphatic heterocycles. The Labute approximate surface area is 132 Å². The molecule has 1 aromatic carbocycles. The van der Waals surface area contributed by atoms with Crippen molar-refractivity contribution in [1.82, 2.24) is 15.3 Å². The number of hydrogen-bond donors (Lipinski definition) is 1. The molecule has 2 heterocycles. The molecule has 0 aliphatic rings. The van der Waals surface area contributed by atoms with Gasteiger partial charge in [0.05, 0.1) is 11.7 Å². The molecule has 0 fully saturated rings. The van der Waals surface area contributed by atoms with Crippen molar-refractivity contribution in [3.05, 3.63) is 46.3 Å². The van der Waals surface area contributed by atoms with E-state index in [1.54, 1.807) is 12.1 Å². The van der Waals surface area contributed by atoms with E-state index in [4.69, 9.17) is 20.6 Å². The minimum atomic E-state index is -0.0566. The van der Waals surface area contributed by atoms with Gasteiger partial charge in [-0.15, -0.1) is 0 Å². The lowest BCUT2D eigenvalue weighted by molar-refractivity contribution is 0.391. The number of hydrogen-bond acceptors (Lipinski definition) is 6. The Balaban J connectivity index is 1.80. The number of rotatable bonds is 4. The smallest absolute Gasteiger partial charge is 0.322 e. The second-order valence-corrected chi connectivity index (χ2v) is 5.47. The third-order valence-corrected chi connectivity index (χ3v) is 3.61. The highest BCUT2D eigenvalue weighted by molar-refractivity contribution is 6.30. The first-order valence-corrected chi connectivity index (χ1v) is 7.21. The van der Waals surface area contributed by atoms with Crippen LogP contribution < -0.4 is 5.32 Å². The fourth-order valence-electron chi connectivity index (χ4n) is 2.39. The highest BCUT2D eigenvalue weighted by Gasteiger charge is 2.18. The van der Waals surface area contributed by atoms with E-state index in [1.165, 1.54) is 0 Å². The molecule has 0 bridgehead atoms. The zero-order chi connectivity index (χ0) is 15.7. The maximum atomic E-state index is 5.97. The predicted octanol–water partition coefficient (Wildman–Crippen LogP) is 4.17. The third-order valence-electron chi connectivity index (χ3n) is 3.37. The monoisotopic (exact) mass is 318 g/mol. The lowest BCUT2D eigenvalue weighted by Crippen LogP contribution is -2.08. The number of halogens is 1. The minimum absolute atomic E-state index is 0.0566. The number of anilines is 1. The average molecular weight is 319 g/mol. The molecule has 22 heavy (non-hydrogen) atoms.